The summed E-state index contributed by atoms with van der Waals surface area (Å²) in [7, 11) is 1.59. The number of hydrogen-bond donors (Lipinski definition) is 1. The van der Waals surface area contributed by atoms with E-state index in [1.54, 1.807) is 13.3 Å². The van der Waals surface area contributed by atoms with E-state index >= 15 is 0 Å². The Bertz CT molecular complexity index is 1070. The summed E-state index contributed by atoms with van der Waals surface area (Å²) in [5.74, 6) is 1.18. The summed E-state index contributed by atoms with van der Waals surface area (Å²) in [6.07, 6.45) is 6.60. The predicted molar refractivity (Wildman–Crippen MR) is 108 cm³/mol. The Morgan fingerprint density at radius 2 is 2.00 bits per heavy atom. The molecule has 0 bridgehead atoms. The van der Waals surface area contributed by atoms with Gasteiger partial charge >= 0.3 is 0 Å². The largest absolute Gasteiger partial charge is 0.495 e. The number of methoxy groups -OCH3 is 1. The van der Waals surface area contributed by atoms with E-state index in [-0.39, 0.29) is 5.91 Å². The van der Waals surface area contributed by atoms with Crippen molar-refractivity contribution in [3.63, 3.8) is 0 Å². The number of nitrogens with zero attached hydrogens (tertiary/aromatic N) is 3. The molecule has 2 aromatic carbocycles. The second kappa shape index (κ2) is 7.92. The second-order valence-corrected chi connectivity index (χ2v) is 6.40. The van der Waals surface area contributed by atoms with Gasteiger partial charge in [-0.25, -0.2) is 9.97 Å². The number of carbonyl (C=O) groups is 1. The highest BCUT2D eigenvalue weighted by atomic mass is 16.5. The van der Waals surface area contributed by atoms with Gasteiger partial charge in [-0.3, -0.25) is 9.20 Å². The minimum atomic E-state index is -0.0593. The fourth-order valence-electron chi connectivity index (χ4n) is 3.05. The molecule has 0 fully saturated rings. The van der Waals surface area contributed by atoms with Crippen molar-refractivity contribution in [2.45, 2.75) is 12.8 Å². The third-order valence-corrected chi connectivity index (χ3v) is 4.49. The Hall–Kier alpha value is -3.67. The molecule has 1 amide bonds. The lowest BCUT2D eigenvalue weighted by atomic mass is 10.1. The molecular weight excluding hydrogens is 352 g/mol. The summed E-state index contributed by atoms with van der Waals surface area (Å²) < 4.78 is 7.26. The van der Waals surface area contributed by atoms with Crippen molar-refractivity contribution in [1.29, 1.82) is 0 Å². The van der Waals surface area contributed by atoms with E-state index < -0.39 is 0 Å². The van der Waals surface area contributed by atoms with Gasteiger partial charge in [-0.2, -0.15) is 0 Å². The first-order valence-corrected chi connectivity index (χ1v) is 9.05. The number of aryl methyl sites for hydroxylation is 1. The monoisotopic (exact) mass is 372 g/mol. The van der Waals surface area contributed by atoms with Gasteiger partial charge in [0.1, 0.15) is 5.75 Å². The van der Waals surface area contributed by atoms with Crippen LogP contribution in [0.5, 0.6) is 5.75 Å². The van der Waals surface area contributed by atoms with Gasteiger partial charge in [-0.05, 0) is 36.2 Å². The molecule has 6 nitrogen and oxygen atoms in total. The van der Waals surface area contributed by atoms with E-state index in [1.165, 1.54) is 0 Å². The molecular formula is C22H20N4O2. The first kappa shape index (κ1) is 17.7. The Morgan fingerprint density at radius 1 is 1.14 bits per heavy atom. The van der Waals surface area contributed by atoms with Crippen LogP contribution in [0.3, 0.4) is 0 Å². The van der Waals surface area contributed by atoms with Crippen LogP contribution in [0.25, 0.3) is 17.0 Å². The van der Waals surface area contributed by atoms with Crippen molar-refractivity contribution in [3.05, 3.63) is 78.8 Å². The molecule has 2 heterocycles. The summed E-state index contributed by atoms with van der Waals surface area (Å²) in [6.45, 7) is 0. The molecule has 0 unspecified atom stereocenters. The van der Waals surface area contributed by atoms with Gasteiger partial charge in [0.25, 0.3) is 0 Å². The Morgan fingerprint density at radius 3 is 2.79 bits per heavy atom. The molecule has 4 rings (SSSR count). The van der Waals surface area contributed by atoms with Gasteiger partial charge in [0.15, 0.2) is 0 Å². The van der Waals surface area contributed by atoms with Crippen LogP contribution in [0.4, 0.5) is 5.69 Å². The Kier molecular flexibility index (Phi) is 5.01. The summed E-state index contributed by atoms with van der Waals surface area (Å²) in [5, 5.41) is 2.96. The smallest absolute Gasteiger partial charge is 0.234 e. The Labute approximate surface area is 162 Å². The molecule has 0 radical (unpaired) electrons. The second-order valence-electron chi connectivity index (χ2n) is 6.40. The third kappa shape index (κ3) is 3.86. The number of benzene rings is 2. The normalized spacial score (nSPS) is 10.8. The van der Waals surface area contributed by atoms with Crippen molar-refractivity contribution in [2.75, 3.05) is 12.4 Å². The van der Waals surface area contributed by atoms with Crippen LogP contribution in [0.15, 0.2) is 73.2 Å². The van der Waals surface area contributed by atoms with E-state index in [2.05, 4.69) is 15.3 Å². The molecule has 0 aliphatic carbocycles. The summed E-state index contributed by atoms with van der Waals surface area (Å²) >= 11 is 0. The zero-order valence-electron chi connectivity index (χ0n) is 15.5. The molecule has 0 aliphatic heterocycles. The lowest BCUT2D eigenvalue weighted by Gasteiger charge is -2.11. The standard InChI is InChI=1S/C22H20N4O2/c1-28-20-10-9-17(19-15-26-13-5-12-23-22(26)25-19)14-18(20)24-21(27)11-8-16-6-3-2-4-7-16/h2-7,9-10,12-15H,8,11H2,1H3,(H,24,27). The molecule has 0 aliphatic rings. The zero-order chi connectivity index (χ0) is 19.3. The number of anilines is 1. The van der Waals surface area contributed by atoms with Gasteiger partial charge in [0.2, 0.25) is 11.7 Å². The van der Waals surface area contributed by atoms with Crippen LogP contribution in [-0.2, 0) is 11.2 Å². The van der Waals surface area contributed by atoms with E-state index in [0.29, 0.717) is 30.1 Å². The average molecular weight is 372 g/mol. The Balaban J connectivity index is 1.54. The lowest BCUT2D eigenvalue weighted by molar-refractivity contribution is -0.116. The van der Waals surface area contributed by atoms with Gasteiger partial charge < -0.3 is 10.1 Å². The van der Waals surface area contributed by atoms with E-state index in [9.17, 15) is 4.79 Å². The number of amides is 1. The van der Waals surface area contributed by atoms with Crippen LogP contribution in [0.1, 0.15) is 12.0 Å². The molecule has 6 heteroatoms. The fourth-order valence-corrected chi connectivity index (χ4v) is 3.05. The molecule has 0 saturated heterocycles. The molecule has 4 aromatic rings. The van der Waals surface area contributed by atoms with E-state index in [4.69, 9.17) is 4.74 Å². The molecule has 1 N–H and O–H groups in total. The third-order valence-electron chi connectivity index (χ3n) is 4.49. The van der Waals surface area contributed by atoms with E-state index in [0.717, 1.165) is 16.8 Å². The predicted octanol–water partition coefficient (Wildman–Crippen LogP) is 3.98. The molecule has 28 heavy (non-hydrogen) atoms. The molecule has 0 atom stereocenters. The number of ether oxygens (including phenoxy) is 1. The quantitative estimate of drug-likeness (QED) is 0.556. The van der Waals surface area contributed by atoms with Crippen LogP contribution in [0, 0.1) is 0 Å². The average Bonchev–Trinajstić information content (AvgIpc) is 3.17. The van der Waals surface area contributed by atoms with Crippen LogP contribution >= 0.6 is 0 Å². The van der Waals surface area contributed by atoms with Gasteiger partial charge in [0.05, 0.1) is 18.5 Å². The maximum absolute atomic E-state index is 12.4. The highest BCUT2D eigenvalue weighted by Crippen LogP contribution is 2.30. The molecule has 2 aromatic heterocycles. The van der Waals surface area contributed by atoms with Crippen molar-refractivity contribution in [3.8, 4) is 17.0 Å². The van der Waals surface area contributed by atoms with Crippen LogP contribution in [-0.4, -0.2) is 27.4 Å². The van der Waals surface area contributed by atoms with Crippen LogP contribution < -0.4 is 10.1 Å². The number of imidazole rings is 1. The summed E-state index contributed by atoms with van der Waals surface area (Å²) in [4.78, 5) is 21.2. The van der Waals surface area contributed by atoms with Crippen molar-refractivity contribution in [2.24, 2.45) is 0 Å². The fraction of sp³-hybridized carbons (Fsp3) is 0.136. The number of rotatable bonds is 6. The number of nitrogens with one attached hydrogen (secondary N) is 1. The minimum Gasteiger partial charge on any atom is -0.495 e. The highest BCUT2D eigenvalue weighted by Gasteiger charge is 2.12. The van der Waals surface area contributed by atoms with E-state index in [1.807, 2.05) is 71.4 Å². The first-order valence-electron chi connectivity index (χ1n) is 9.05. The molecule has 0 spiro atoms. The highest BCUT2D eigenvalue weighted by molar-refractivity contribution is 5.93. The number of aromatic nitrogens is 3. The number of fused-ring (bicyclic) bond motifs is 1. The number of hydrogen-bond acceptors (Lipinski definition) is 4. The van der Waals surface area contributed by atoms with Gasteiger partial charge in [0, 0.05) is 30.6 Å². The maximum Gasteiger partial charge on any atom is 0.234 e. The maximum atomic E-state index is 12.4. The van der Waals surface area contributed by atoms with Crippen molar-refractivity contribution in [1.82, 2.24) is 14.4 Å². The van der Waals surface area contributed by atoms with Crippen molar-refractivity contribution < 1.29 is 9.53 Å². The zero-order valence-corrected chi connectivity index (χ0v) is 15.5. The summed E-state index contributed by atoms with van der Waals surface area (Å²) in [5.41, 5.74) is 3.42. The van der Waals surface area contributed by atoms with Gasteiger partial charge in [-0.1, -0.05) is 30.3 Å². The minimum absolute atomic E-state index is 0.0593. The molecule has 0 saturated carbocycles. The van der Waals surface area contributed by atoms with Crippen LogP contribution in [0.2, 0.25) is 0 Å². The molecule has 140 valence electrons. The van der Waals surface area contributed by atoms with Crippen molar-refractivity contribution >= 4 is 17.4 Å². The summed E-state index contributed by atoms with van der Waals surface area (Å²) in [6, 6.07) is 17.4. The lowest BCUT2D eigenvalue weighted by Crippen LogP contribution is -2.13. The topological polar surface area (TPSA) is 68.5 Å². The number of carbonyl (C=O) groups excluding carboxylic acids is 1. The first-order chi connectivity index (χ1) is 13.7. The SMILES string of the molecule is COc1ccc(-c2cn3cccnc3n2)cc1NC(=O)CCc1ccccc1. The van der Waals surface area contributed by atoms with Gasteiger partial charge in [-0.15, -0.1) is 0 Å².